The number of carboxylic acid groups (broad SMARTS) is 1. The van der Waals surface area contributed by atoms with Crippen molar-refractivity contribution in [2.24, 2.45) is 5.92 Å². The van der Waals surface area contributed by atoms with Gasteiger partial charge in [0.25, 0.3) is 0 Å². The Bertz CT molecular complexity index is 501. The fourth-order valence-electron chi connectivity index (χ4n) is 3.08. The van der Waals surface area contributed by atoms with E-state index in [1.165, 1.54) is 16.8 Å². The fraction of sp³-hybridized carbons (Fsp3) is 0.533. The minimum Gasteiger partial charge on any atom is -0.481 e. The maximum atomic E-state index is 11.0. The summed E-state index contributed by atoms with van der Waals surface area (Å²) in [6.45, 7) is 3.62. The number of carboxylic acids is 1. The molecule has 1 saturated heterocycles. The van der Waals surface area contributed by atoms with Crippen LogP contribution in [0.1, 0.15) is 17.5 Å². The van der Waals surface area contributed by atoms with E-state index in [2.05, 4.69) is 35.0 Å². The van der Waals surface area contributed by atoms with Gasteiger partial charge in [0.15, 0.2) is 0 Å². The molecule has 1 unspecified atom stereocenters. The van der Waals surface area contributed by atoms with Gasteiger partial charge in [0.1, 0.15) is 0 Å². The second-order valence-electron chi connectivity index (χ2n) is 5.71. The van der Waals surface area contributed by atoms with Crippen LogP contribution in [0.15, 0.2) is 18.2 Å². The van der Waals surface area contributed by atoms with Gasteiger partial charge in [-0.15, -0.1) is 0 Å². The van der Waals surface area contributed by atoms with Crippen LogP contribution in [-0.2, 0) is 17.8 Å². The molecule has 0 saturated carbocycles. The molecule has 0 amide bonds. The Kier molecular flexibility index (Phi) is 3.19. The lowest BCUT2D eigenvalue weighted by molar-refractivity contribution is -0.140. The van der Waals surface area contributed by atoms with Crippen molar-refractivity contribution >= 4 is 11.7 Å². The molecule has 0 aliphatic carbocycles. The first-order chi connectivity index (χ1) is 9.13. The molecule has 4 heteroatoms. The molecule has 0 aromatic heterocycles. The highest BCUT2D eigenvalue weighted by Crippen LogP contribution is 2.28. The van der Waals surface area contributed by atoms with Crippen LogP contribution >= 0.6 is 0 Å². The second-order valence-corrected chi connectivity index (χ2v) is 5.71. The van der Waals surface area contributed by atoms with E-state index in [0.29, 0.717) is 6.54 Å². The number of fused-ring (bicyclic) bond motifs is 1. The molecule has 2 aliphatic rings. The Morgan fingerprint density at radius 1 is 1.32 bits per heavy atom. The molecule has 0 bridgehead atoms. The molecule has 0 spiro atoms. The summed E-state index contributed by atoms with van der Waals surface area (Å²) in [6.07, 6.45) is 1.87. The largest absolute Gasteiger partial charge is 0.481 e. The minimum atomic E-state index is -0.666. The van der Waals surface area contributed by atoms with Gasteiger partial charge >= 0.3 is 5.97 Å². The van der Waals surface area contributed by atoms with Crippen molar-refractivity contribution in [3.05, 3.63) is 29.3 Å². The first-order valence-corrected chi connectivity index (χ1v) is 6.91. The zero-order chi connectivity index (χ0) is 13.4. The molecule has 19 heavy (non-hydrogen) atoms. The number of likely N-dealkylation sites (N-methyl/N-ethyl adjacent to an activating group) is 1. The van der Waals surface area contributed by atoms with Crippen molar-refractivity contribution in [2.45, 2.75) is 19.4 Å². The second kappa shape index (κ2) is 4.85. The van der Waals surface area contributed by atoms with E-state index in [1.807, 2.05) is 0 Å². The molecular weight excluding hydrogens is 240 g/mol. The predicted molar refractivity (Wildman–Crippen MR) is 74.4 cm³/mol. The highest BCUT2D eigenvalue weighted by atomic mass is 16.4. The SMILES string of the molecule is CN1CCc2ccc(N3CCC(C(=O)O)C3)cc2C1. The summed E-state index contributed by atoms with van der Waals surface area (Å²) >= 11 is 0. The van der Waals surface area contributed by atoms with Gasteiger partial charge in [0.2, 0.25) is 0 Å². The summed E-state index contributed by atoms with van der Waals surface area (Å²) in [5.41, 5.74) is 4.01. The Balaban J connectivity index is 1.79. The maximum Gasteiger partial charge on any atom is 0.308 e. The lowest BCUT2D eigenvalue weighted by Crippen LogP contribution is -2.27. The normalized spacial score (nSPS) is 23.4. The first-order valence-electron chi connectivity index (χ1n) is 6.91. The predicted octanol–water partition coefficient (Wildman–Crippen LogP) is 1.59. The third-order valence-electron chi connectivity index (χ3n) is 4.30. The summed E-state index contributed by atoms with van der Waals surface area (Å²) in [6, 6.07) is 6.61. The van der Waals surface area contributed by atoms with Crippen LogP contribution in [0.4, 0.5) is 5.69 Å². The Morgan fingerprint density at radius 3 is 2.89 bits per heavy atom. The van der Waals surface area contributed by atoms with E-state index >= 15 is 0 Å². The van der Waals surface area contributed by atoms with Crippen LogP contribution in [0.25, 0.3) is 0 Å². The van der Waals surface area contributed by atoms with Gasteiger partial charge in [-0.05, 0) is 43.1 Å². The average molecular weight is 260 g/mol. The van der Waals surface area contributed by atoms with E-state index in [4.69, 9.17) is 5.11 Å². The molecule has 1 atom stereocenters. The molecule has 3 rings (SSSR count). The highest BCUT2D eigenvalue weighted by molar-refractivity contribution is 5.72. The zero-order valence-electron chi connectivity index (χ0n) is 11.3. The van der Waals surface area contributed by atoms with E-state index in [1.54, 1.807) is 0 Å². The molecule has 1 aromatic carbocycles. The van der Waals surface area contributed by atoms with Crippen LogP contribution in [0.3, 0.4) is 0 Å². The van der Waals surface area contributed by atoms with Gasteiger partial charge in [0.05, 0.1) is 5.92 Å². The number of rotatable bonds is 2. The number of hydrogen-bond acceptors (Lipinski definition) is 3. The molecule has 1 aromatic rings. The summed E-state index contributed by atoms with van der Waals surface area (Å²) in [4.78, 5) is 15.6. The smallest absolute Gasteiger partial charge is 0.308 e. The van der Waals surface area contributed by atoms with Crippen LogP contribution in [0.2, 0.25) is 0 Å². The van der Waals surface area contributed by atoms with Crippen molar-refractivity contribution in [1.29, 1.82) is 0 Å². The standard InChI is InChI=1S/C15H20N2O2/c1-16-6-4-11-2-3-14(8-13(11)9-16)17-7-5-12(10-17)15(18)19/h2-3,8,12H,4-7,9-10H2,1H3,(H,18,19). The van der Waals surface area contributed by atoms with E-state index in [-0.39, 0.29) is 5.92 Å². The van der Waals surface area contributed by atoms with Gasteiger partial charge in [-0.25, -0.2) is 0 Å². The third kappa shape index (κ3) is 2.45. The van der Waals surface area contributed by atoms with Gasteiger partial charge in [0, 0.05) is 31.9 Å². The summed E-state index contributed by atoms with van der Waals surface area (Å²) in [5, 5.41) is 9.07. The van der Waals surface area contributed by atoms with E-state index < -0.39 is 5.97 Å². The van der Waals surface area contributed by atoms with Gasteiger partial charge in [-0.3, -0.25) is 4.79 Å². The third-order valence-corrected chi connectivity index (χ3v) is 4.30. The fourth-order valence-corrected chi connectivity index (χ4v) is 3.08. The van der Waals surface area contributed by atoms with Crippen molar-refractivity contribution in [3.8, 4) is 0 Å². The Labute approximate surface area is 113 Å². The highest BCUT2D eigenvalue weighted by Gasteiger charge is 2.28. The molecule has 0 radical (unpaired) electrons. The Hall–Kier alpha value is -1.55. The molecule has 1 fully saturated rings. The van der Waals surface area contributed by atoms with Crippen LogP contribution in [0, 0.1) is 5.92 Å². The quantitative estimate of drug-likeness (QED) is 0.877. The monoisotopic (exact) mass is 260 g/mol. The molecule has 102 valence electrons. The molecule has 2 aliphatic heterocycles. The van der Waals surface area contributed by atoms with Gasteiger partial charge in [-0.2, -0.15) is 0 Å². The van der Waals surface area contributed by atoms with Crippen LogP contribution < -0.4 is 4.90 Å². The Morgan fingerprint density at radius 2 is 2.16 bits per heavy atom. The number of carbonyl (C=O) groups is 1. The molecule has 2 heterocycles. The van der Waals surface area contributed by atoms with Gasteiger partial charge in [-0.1, -0.05) is 6.07 Å². The average Bonchev–Trinajstić information content (AvgIpc) is 2.87. The molecular formula is C15H20N2O2. The first kappa shape index (κ1) is 12.5. The number of aliphatic carboxylic acids is 1. The van der Waals surface area contributed by atoms with E-state index in [0.717, 1.165) is 32.5 Å². The summed E-state index contributed by atoms with van der Waals surface area (Å²) in [5.74, 6) is -0.876. The number of benzene rings is 1. The summed E-state index contributed by atoms with van der Waals surface area (Å²) < 4.78 is 0. The minimum absolute atomic E-state index is 0.210. The van der Waals surface area contributed by atoms with Crippen LogP contribution in [0.5, 0.6) is 0 Å². The van der Waals surface area contributed by atoms with Crippen molar-refractivity contribution in [2.75, 3.05) is 31.6 Å². The number of anilines is 1. The lowest BCUT2D eigenvalue weighted by atomic mass is 9.99. The molecule has 1 N–H and O–H groups in total. The number of hydrogen-bond donors (Lipinski definition) is 1. The van der Waals surface area contributed by atoms with E-state index in [9.17, 15) is 4.79 Å². The summed E-state index contributed by atoms with van der Waals surface area (Å²) in [7, 11) is 2.14. The molecule has 4 nitrogen and oxygen atoms in total. The lowest BCUT2D eigenvalue weighted by Gasteiger charge is -2.27. The van der Waals surface area contributed by atoms with Crippen molar-refractivity contribution < 1.29 is 9.90 Å². The topological polar surface area (TPSA) is 43.8 Å². The zero-order valence-corrected chi connectivity index (χ0v) is 11.3. The van der Waals surface area contributed by atoms with Crippen molar-refractivity contribution in [3.63, 3.8) is 0 Å². The van der Waals surface area contributed by atoms with Crippen LogP contribution in [-0.4, -0.2) is 42.7 Å². The van der Waals surface area contributed by atoms with Crippen molar-refractivity contribution in [1.82, 2.24) is 4.90 Å². The van der Waals surface area contributed by atoms with Gasteiger partial charge < -0.3 is 14.9 Å². The maximum absolute atomic E-state index is 11.0. The number of nitrogens with zero attached hydrogens (tertiary/aromatic N) is 2.